The lowest BCUT2D eigenvalue weighted by atomic mass is 10.2. The van der Waals surface area contributed by atoms with E-state index in [-0.39, 0.29) is 18.6 Å². The Balaban J connectivity index is 0. The van der Waals surface area contributed by atoms with Crippen LogP contribution in [0.1, 0.15) is 5.56 Å². The van der Waals surface area contributed by atoms with Crippen molar-refractivity contribution in [2.24, 2.45) is 0 Å². The first-order valence-electron chi connectivity index (χ1n) is 2.76. The van der Waals surface area contributed by atoms with E-state index in [0.717, 1.165) is 6.54 Å². The van der Waals surface area contributed by atoms with E-state index in [1.54, 1.807) is 0 Å². The lowest BCUT2D eigenvalue weighted by Crippen LogP contribution is -3.00. The van der Waals surface area contributed by atoms with Crippen LogP contribution in [-0.4, -0.2) is 0 Å². The molecule has 10 heavy (non-hydrogen) atoms. The minimum Gasteiger partial charge on any atom is -1.00 e. The van der Waals surface area contributed by atoms with Crippen LogP contribution >= 0.6 is 0 Å². The Bertz CT molecular complexity index is 153. The zero-order valence-corrected chi connectivity index (χ0v) is 6.64. The number of benzene rings is 1. The van der Waals surface area contributed by atoms with E-state index in [1.807, 2.05) is 18.2 Å². The van der Waals surface area contributed by atoms with Crippen molar-refractivity contribution in [3.05, 3.63) is 35.9 Å². The Morgan fingerprint density at radius 3 is 1.90 bits per heavy atom. The van der Waals surface area contributed by atoms with Crippen LogP contribution in [0.15, 0.2) is 30.3 Å². The Hall–Kier alpha value is -0.570. The van der Waals surface area contributed by atoms with Gasteiger partial charge in [-0.15, -0.1) is 0 Å². The van der Waals surface area contributed by atoms with Gasteiger partial charge < -0.3 is 24.3 Å². The summed E-state index contributed by atoms with van der Waals surface area (Å²) in [4.78, 5) is 0. The largest absolute Gasteiger partial charge is 1.00 e. The maximum absolute atomic E-state index is 3.76. The Morgan fingerprint density at radius 1 is 1.10 bits per heavy atom. The molecule has 1 rings (SSSR count). The van der Waals surface area contributed by atoms with Crippen molar-refractivity contribution < 1.29 is 18.1 Å². The summed E-state index contributed by atoms with van der Waals surface area (Å²) in [5.74, 6) is 0. The molecule has 2 nitrogen and oxygen atoms in total. The van der Waals surface area contributed by atoms with Crippen LogP contribution in [0.3, 0.4) is 0 Å². The molecule has 0 spiro atoms. The lowest BCUT2D eigenvalue weighted by molar-refractivity contribution is -0.386. The van der Waals surface area contributed by atoms with Crippen LogP contribution in [0.5, 0.6) is 0 Å². The average molecular weight is 161 g/mol. The smallest absolute Gasteiger partial charge is 0.0997 e. The third-order valence-electron chi connectivity index (χ3n) is 1.13. The molecule has 0 fully saturated rings. The maximum atomic E-state index is 3.76. The van der Waals surface area contributed by atoms with Gasteiger partial charge in [0, 0.05) is 5.56 Å². The van der Waals surface area contributed by atoms with Crippen LogP contribution in [0.25, 0.3) is 0 Å². The van der Waals surface area contributed by atoms with Crippen LogP contribution in [0.2, 0.25) is 0 Å². The number of rotatable bonds is 1. The Morgan fingerprint density at radius 2 is 1.60 bits per heavy atom. The molecule has 0 bridgehead atoms. The molecule has 58 valence electrons. The van der Waals surface area contributed by atoms with E-state index >= 15 is 0 Å². The zero-order valence-electron chi connectivity index (χ0n) is 5.89. The Kier molecular flexibility index (Phi) is 7.95. The van der Waals surface area contributed by atoms with Gasteiger partial charge in [-0.25, -0.2) is 0 Å². The highest BCUT2D eigenvalue weighted by Crippen LogP contribution is 1.93. The fourth-order valence-electron chi connectivity index (χ4n) is 0.645. The fraction of sp³-hybridized carbons (Fsp3) is 0.143. The van der Waals surface area contributed by atoms with E-state index in [1.165, 1.54) is 5.56 Å². The molecule has 6 N–H and O–H groups in total. The molecule has 0 aliphatic heterocycles. The second kappa shape index (κ2) is 6.55. The minimum atomic E-state index is 0. The first-order chi connectivity index (χ1) is 3.93. The summed E-state index contributed by atoms with van der Waals surface area (Å²) in [7, 11) is 0. The zero-order chi connectivity index (χ0) is 5.82. The maximum Gasteiger partial charge on any atom is 0.0997 e. The third kappa shape index (κ3) is 3.45. The predicted molar refractivity (Wildman–Crippen MR) is 38.1 cm³/mol. The lowest BCUT2D eigenvalue weighted by Gasteiger charge is -1.87. The number of hydrogen-bond acceptors (Lipinski definition) is 1. The van der Waals surface area contributed by atoms with Gasteiger partial charge in [-0.05, 0) is 0 Å². The number of quaternary nitrogens is 1. The van der Waals surface area contributed by atoms with Crippen LogP contribution in [0.4, 0.5) is 0 Å². The highest BCUT2D eigenvalue weighted by molar-refractivity contribution is 5.12. The van der Waals surface area contributed by atoms with E-state index < -0.39 is 0 Å². The van der Waals surface area contributed by atoms with Crippen molar-refractivity contribution >= 4 is 0 Å². The molecular formula is C7H13ClN2. The normalized spacial score (nSPS) is 7.30. The molecule has 0 saturated carbocycles. The average Bonchev–Trinajstić information content (AvgIpc) is 1.90. The molecule has 0 aliphatic rings. The van der Waals surface area contributed by atoms with Crippen molar-refractivity contribution in [1.29, 1.82) is 0 Å². The van der Waals surface area contributed by atoms with Crippen LogP contribution in [0, 0.1) is 0 Å². The predicted octanol–water partition coefficient (Wildman–Crippen LogP) is -2.41. The SMILES string of the molecule is N.[Cl-].[NH3+]Cc1ccccc1. The summed E-state index contributed by atoms with van der Waals surface area (Å²) >= 11 is 0. The van der Waals surface area contributed by atoms with Gasteiger partial charge in [-0.2, -0.15) is 0 Å². The summed E-state index contributed by atoms with van der Waals surface area (Å²) < 4.78 is 0. The quantitative estimate of drug-likeness (QED) is 0.473. The second-order valence-corrected chi connectivity index (χ2v) is 1.74. The molecule has 1 aromatic carbocycles. The van der Waals surface area contributed by atoms with Gasteiger partial charge in [0.1, 0.15) is 0 Å². The van der Waals surface area contributed by atoms with Gasteiger partial charge in [-0.1, -0.05) is 30.3 Å². The molecule has 3 heteroatoms. The van der Waals surface area contributed by atoms with Crippen molar-refractivity contribution in [2.75, 3.05) is 0 Å². The fourth-order valence-corrected chi connectivity index (χ4v) is 0.645. The summed E-state index contributed by atoms with van der Waals surface area (Å²) in [6.07, 6.45) is 0. The highest BCUT2D eigenvalue weighted by atomic mass is 35.5. The van der Waals surface area contributed by atoms with Gasteiger partial charge in [0.2, 0.25) is 0 Å². The van der Waals surface area contributed by atoms with Crippen LogP contribution in [-0.2, 0) is 6.54 Å². The van der Waals surface area contributed by atoms with Gasteiger partial charge >= 0.3 is 0 Å². The first-order valence-corrected chi connectivity index (χ1v) is 2.76. The third-order valence-corrected chi connectivity index (χ3v) is 1.13. The van der Waals surface area contributed by atoms with Crippen molar-refractivity contribution in [1.82, 2.24) is 6.15 Å². The topological polar surface area (TPSA) is 62.6 Å². The molecule has 0 heterocycles. The first kappa shape index (κ1) is 12.1. The minimum absolute atomic E-state index is 0. The molecule has 1 aromatic rings. The van der Waals surface area contributed by atoms with Crippen molar-refractivity contribution in [3.8, 4) is 0 Å². The second-order valence-electron chi connectivity index (χ2n) is 1.74. The van der Waals surface area contributed by atoms with E-state index in [2.05, 4.69) is 17.9 Å². The summed E-state index contributed by atoms with van der Waals surface area (Å²) in [5, 5.41) is 0. The monoisotopic (exact) mass is 160 g/mol. The summed E-state index contributed by atoms with van der Waals surface area (Å²) in [5.41, 5.74) is 5.05. The highest BCUT2D eigenvalue weighted by Gasteiger charge is 1.82. The van der Waals surface area contributed by atoms with E-state index in [4.69, 9.17) is 0 Å². The Labute approximate surface area is 67.4 Å². The molecule has 0 aliphatic carbocycles. The van der Waals surface area contributed by atoms with Gasteiger partial charge in [-0.3, -0.25) is 0 Å². The molecule has 0 unspecified atom stereocenters. The summed E-state index contributed by atoms with van der Waals surface area (Å²) in [6, 6.07) is 10.2. The molecule has 0 saturated heterocycles. The molecule has 0 aromatic heterocycles. The van der Waals surface area contributed by atoms with Gasteiger partial charge in [0.25, 0.3) is 0 Å². The number of halogens is 1. The molecular weight excluding hydrogens is 148 g/mol. The summed E-state index contributed by atoms with van der Waals surface area (Å²) in [6.45, 7) is 0.890. The van der Waals surface area contributed by atoms with E-state index in [9.17, 15) is 0 Å². The molecule has 0 atom stereocenters. The van der Waals surface area contributed by atoms with Crippen LogP contribution < -0.4 is 24.3 Å². The van der Waals surface area contributed by atoms with Gasteiger partial charge in [0.15, 0.2) is 0 Å². The molecule has 0 amide bonds. The van der Waals surface area contributed by atoms with Crippen molar-refractivity contribution in [2.45, 2.75) is 6.54 Å². The van der Waals surface area contributed by atoms with Crippen molar-refractivity contribution in [3.63, 3.8) is 0 Å². The van der Waals surface area contributed by atoms with Gasteiger partial charge in [0.05, 0.1) is 6.54 Å². The number of hydrogen-bond donors (Lipinski definition) is 2. The molecule has 0 radical (unpaired) electrons. The standard InChI is InChI=1S/C7H9N.ClH.H3N/c8-6-7-4-2-1-3-5-7;;/h1-5H,6,8H2;1H;1H3. The van der Waals surface area contributed by atoms with E-state index in [0.29, 0.717) is 0 Å².